The maximum absolute atomic E-state index is 12.2. The standard InChI is InChI=1S/C15H26N2O3/c1-14(2)10-5-7-15(14,3)11(9-10)16-13(20)17(4)8-6-12(18)19/h10-11H,5-9H2,1-4H3,(H,16,20)(H,18,19). The number of aliphatic carboxylic acids is 1. The van der Waals surface area contributed by atoms with Crippen molar-refractivity contribution in [3.63, 3.8) is 0 Å². The van der Waals surface area contributed by atoms with Gasteiger partial charge in [0, 0.05) is 19.6 Å². The highest BCUT2D eigenvalue weighted by Crippen LogP contribution is 2.65. The van der Waals surface area contributed by atoms with E-state index in [1.807, 2.05) is 0 Å². The number of amides is 2. The van der Waals surface area contributed by atoms with E-state index in [0.29, 0.717) is 5.92 Å². The molecule has 2 saturated carbocycles. The topological polar surface area (TPSA) is 69.6 Å². The van der Waals surface area contributed by atoms with Crippen LogP contribution >= 0.6 is 0 Å². The van der Waals surface area contributed by atoms with Gasteiger partial charge in [0.25, 0.3) is 0 Å². The second-order valence-electron chi connectivity index (χ2n) is 7.18. The van der Waals surface area contributed by atoms with Gasteiger partial charge in [0.15, 0.2) is 0 Å². The zero-order valence-corrected chi connectivity index (χ0v) is 12.9. The van der Waals surface area contributed by atoms with E-state index < -0.39 is 5.97 Å². The summed E-state index contributed by atoms with van der Waals surface area (Å²) in [6.07, 6.45) is 3.45. The van der Waals surface area contributed by atoms with Crippen LogP contribution in [0.15, 0.2) is 0 Å². The zero-order valence-electron chi connectivity index (χ0n) is 12.9. The van der Waals surface area contributed by atoms with Crippen LogP contribution in [0.3, 0.4) is 0 Å². The SMILES string of the molecule is CN(CCC(=O)O)C(=O)NC1CC2CCC1(C)C2(C)C. The molecule has 2 amide bonds. The van der Waals surface area contributed by atoms with Crippen molar-refractivity contribution in [3.05, 3.63) is 0 Å². The molecule has 0 saturated heterocycles. The molecule has 2 N–H and O–H groups in total. The van der Waals surface area contributed by atoms with E-state index in [2.05, 4.69) is 26.1 Å². The summed E-state index contributed by atoms with van der Waals surface area (Å²) in [4.78, 5) is 24.2. The molecule has 5 nitrogen and oxygen atoms in total. The summed E-state index contributed by atoms with van der Waals surface area (Å²) < 4.78 is 0. The lowest BCUT2D eigenvalue weighted by Crippen LogP contribution is -2.50. The van der Waals surface area contributed by atoms with Crippen molar-refractivity contribution in [2.45, 2.75) is 52.5 Å². The number of carbonyl (C=O) groups excluding carboxylic acids is 1. The first-order chi connectivity index (χ1) is 9.18. The summed E-state index contributed by atoms with van der Waals surface area (Å²) in [5.41, 5.74) is 0.422. The summed E-state index contributed by atoms with van der Waals surface area (Å²) >= 11 is 0. The van der Waals surface area contributed by atoms with Crippen molar-refractivity contribution in [1.82, 2.24) is 10.2 Å². The summed E-state index contributed by atoms with van der Waals surface area (Å²) in [5.74, 6) is -0.195. The summed E-state index contributed by atoms with van der Waals surface area (Å²) in [6.45, 7) is 7.15. The second kappa shape index (κ2) is 4.93. The fourth-order valence-corrected chi connectivity index (χ4v) is 4.05. The fraction of sp³-hybridized carbons (Fsp3) is 0.867. The lowest BCUT2D eigenvalue weighted by molar-refractivity contribution is -0.137. The van der Waals surface area contributed by atoms with Crippen molar-refractivity contribution in [3.8, 4) is 0 Å². The number of carboxylic acid groups (broad SMARTS) is 1. The van der Waals surface area contributed by atoms with Crippen LogP contribution < -0.4 is 5.32 Å². The maximum Gasteiger partial charge on any atom is 0.317 e. The molecule has 0 aromatic heterocycles. The molecule has 0 radical (unpaired) electrons. The number of hydrogen-bond acceptors (Lipinski definition) is 2. The number of nitrogens with zero attached hydrogens (tertiary/aromatic N) is 1. The molecule has 5 heteroatoms. The van der Waals surface area contributed by atoms with Gasteiger partial charge in [-0.1, -0.05) is 20.8 Å². The third kappa shape index (κ3) is 2.27. The van der Waals surface area contributed by atoms with E-state index in [1.54, 1.807) is 7.05 Å². The van der Waals surface area contributed by atoms with E-state index in [9.17, 15) is 9.59 Å². The Morgan fingerprint density at radius 3 is 2.45 bits per heavy atom. The normalized spacial score (nSPS) is 34.0. The molecule has 2 aliphatic rings. The van der Waals surface area contributed by atoms with E-state index in [4.69, 9.17) is 5.11 Å². The van der Waals surface area contributed by atoms with Gasteiger partial charge in [-0.05, 0) is 36.0 Å². The van der Waals surface area contributed by atoms with Crippen LogP contribution in [0, 0.1) is 16.7 Å². The summed E-state index contributed by atoms with van der Waals surface area (Å²) in [6, 6.07) is 0.0526. The largest absolute Gasteiger partial charge is 0.481 e. The molecule has 3 atom stereocenters. The quantitative estimate of drug-likeness (QED) is 0.831. The highest BCUT2D eigenvalue weighted by atomic mass is 16.4. The van der Waals surface area contributed by atoms with Crippen LogP contribution in [0.25, 0.3) is 0 Å². The van der Waals surface area contributed by atoms with Gasteiger partial charge in [0.05, 0.1) is 6.42 Å². The average molecular weight is 282 g/mol. The summed E-state index contributed by atoms with van der Waals surface area (Å²) in [7, 11) is 1.65. The second-order valence-corrected chi connectivity index (χ2v) is 7.18. The number of nitrogens with one attached hydrogen (secondary N) is 1. The van der Waals surface area contributed by atoms with Gasteiger partial charge in [0.2, 0.25) is 0 Å². The molecule has 2 rings (SSSR count). The number of fused-ring (bicyclic) bond motifs is 2. The Hall–Kier alpha value is -1.26. The molecule has 2 bridgehead atoms. The van der Waals surface area contributed by atoms with Crippen LogP contribution in [0.4, 0.5) is 4.79 Å². The molecular weight excluding hydrogens is 256 g/mol. The highest BCUT2D eigenvalue weighted by molar-refractivity contribution is 5.75. The molecule has 20 heavy (non-hydrogen) atoms. The van der Waals surface area contributed by atoms with Gasteiger partial charge < -0.3 is 15.3 Å². The van der Waals surface area contributed by atoms with E-state index in [0.717, 1.165) is 12.8 Å². The van der Waals surface area contributed by atoms with Crippen LogP contribution in [0.2, 0.25) is 0 Å². The third-order valence-corrected chi connectivity index (χ3v) is 6.10. The van der Waals surface area contributed by atoms with Crippen molar-refractivity contribution in [2.24, 2.45) is 16.7 Å². The van der Waals surface area contributed by atoms with Gasteiger partial charge >= 0.3 is 12.0 Å². The fourth-order valence-electron chi connectivity index (χ4n) is 4.05. The Labute approximate surface area is 120 Å². The maximum atomic E-state index is 12.2. The lowest BCUT2D eigenvalue weighted by Gasteiger charge is -2.40. The first-order valence-electron chi connectivity index (χ1n) is 7.42. The van der Waals surface area contributed by atoms with Crippen molar-refractivity contribution < 1.29 is 14.7 Å². The smallest absolute Gasteiger partial charge is 0.317 e. The van der Waals surface area contributed by atoms with Crippen molar-refractivity contribution in [2.75, 3.05) is 13.6 Å². The summed E-state index contributed by atoms with van der Waals surface area (Å²) in [5, 5.41) is 11.8. The molecule has 0 aromatic rings. The molecule has 114 valence electrons. The Morgan fingerprint density at radius 1 is 1.35 bits per heavy atom. The number of carbonyl (C=O) groups is 2. The lowest BCUT2D eigenvalue weighted by atomic mass is 9.69. The van der Waals surface area contributed by atoms with E-state index >= 15 is 0 Å². The third-order valence-electron chi connectivity index (χ3n) is 6.10. The van der Waals surface area contributed by atoms with E-state index in [-0.39, 0.29) is 35.9 Å². The van der Waals surface area contributed by atoms with Crippen LogP contribution in [0.5, 0.6) is 0 Å². The molecular formula is C15H26N2O3. The van der Waals surface area contributed by atoms with Crippen LogP contribution in [0.1, 0.15) is 46.5 Å². The van der Waals surface area contributed by atoms with Crippen LogP contribution in [-0.2, 0) is 4.79 Å². The number of rotatable bonds is 4. The van der Waals surface area contributed by atoms with Gasteiger partial charge in [-0.25, -0.2) is 4.79 Å². The number of carboxylic acids is 1. The Balaban J connectivity index is 1.95. The Morgan fingerprint density at radius 2 is 2.00 bits per heavy atom. The Kier molecular flexibility index (Phi) is 3.73. The predicted molar refractivity (Wildman–Crippen MR) is 76.4 cm³/mol. The molecule has 0 aliphatic heterocycles. The molecule has 0 heterocycles. The minimum Gasteiger partial charge on any atom is -0.481 e. The van der Waals surface area contributed by atoms with Gasteiger partial charge in [-0.15, -0.1) is 0 Å². The number of hydrogen-bond donors (Lipinski definition) is 2. The number of urea groups is 1. The molecule has 0 aromatic carbocycles. The first-order valence-corrected chi connectivity index (χ1v) is 7.42. The first kappa shape index (κ1) is 15.1. The molecule has 0 spiro atoms. The van der Waals surface area contributed by atoms with Crippen molar-refractivity contribution >= 4 is 12.0 Å². The Bertz CT molecular complexity index is 421. The minimum atomic E-state index is -0.877. The zero-order chi connectivity index (χ0) is 15.1. The van der Waals surface area contributed by atoms with Crippen LogP contribution in [-0.4, -0.2) is 41.6 Å². The minimum absolute atomic E-state index is 0.0139. The molecule has 2 aliphatic carbocycles. The van der Waals surface area contributed by atoms with Gasteiger partial charge in [-0.2, -0.15) is 0 Å². The average Bonchev–Trinajstić information content (AvgIpc) is 2.68. The van der Waals surface area contributed by atoms with Gasteiger partial charge in [0.1, 0.15) is 0 Å². The highest BCUT2D eigenvalue weighted by Gasteiger charge is 2.61. The van der Waals surface area contributed by atoms with Gasteiger partial charge in [-0.3, -0.25) is 4.79 Å². The molecule has 2 fully saturated rings. The predicted octanol–water partition coefficient (Wildman–Crippen LogP) is 2.32. The van der Waals surface area contributed by atoms with E-state index in [1.165, 1.54) is 11.3 Å². The molecule has 3 unspecified atom stereocenters. The monoisotopic (exact) mass is 282 g/mol. The van der Waals surface area contributed by atoms with Crippen molar-refractivity contribution in [1.29, 1.82) is 0 Å².